The van der Waals surface area contributed by atoms with Gasteiger partial charge >= 0.3 is 0 Å². The molecule has 0 aliphatic rings. The van der Waals surface area contributed by atoms with Crippen molar-refractivity contribution in [1.29, 1.82) is 0 Å². The van der Waals surface area contributed by atoms with E-state index in [2.05, 4.69) is 36.4 Å². The molecule has 0 saturated heterocycles. The molecule has 3 aromatic rings. The first-order valence-corrected chi connectivity index (χ1v) is 9.42. The van der Waals surface area contributed by atoms with Gasteiger partial charge in [0.2, 0.25) is 11.8 Å². The number of nitrogens with zero attached hydrogens (tertiary/aromatic N) is 2. The molecule has 27 heavy (non-hydrogen) atoms. The van der Waals surface area contributed by atoms with Crippen molar-refractivity contribution in [2.45, 2.75) is 33.6 Å². The molecule has 3 rings (SSSR count). The van der Waals surface area contributed by atoms with E-state index in [0.29, 0.717) is 30.2 Å². The number of amides is 1. The van der Waals surface area contributed by atoms with Gasteiger partial charge in [-0.1, -0.05) is 6.07 Å². The Balaban J connectivity index is 1.67. The Morgan fingerprint density at radius 1 is 1.26 bits per heavy atom. The molecule has 0 aliphatic carbocycles. The molecule has 1 amide bonds. The normalized spacial score (nSPS) is 10.7. The molecule has 0 bridgehead atoms. The van der Waals surface area contributed by atoms with E-state index in [4.69, 9.17) is 4.74 Å². The number of hydrogen-bond acceptors (Lipinski definition) is 4. The van der Waals surface area contributed by atoms with Crippen molar-refractivity contribution in [2.24, 2.45) is 0 Å². The van der Waals surface area contributed by atoms with Crippen LogP contribution in [0.3, 0.4) is 0 Å². The van der Waals surface area contributed by atoms with E-state index >= 15 is 0 Å². The number of hydrogen-bond donors (Lipinski definition) is 2. The Hall–Kier alpha value is -2.67. The Kier molecular flexibility index (Phi) is 5.91. The number of carbonyl (C=O) groups is 1. The average molecular weight is 429 g/mol. The average Bonchev–Trinajstić information content (AvgIpc) is 2.96. The summed E-state index contributed by atoms with van der Waals surface area (Å²) in [5.41, 5.74) is 4.68. The van der Waals surface area contributed by atoms with E-state index in [0.717, 1.165) is 27.0 Å². The van der Waals surface area contributed by atoms with Gasteiger partial charge in [-0.2, -0.15) is 5.10 Å². The molecule has 2 heterocycles. The van der Waals surface area contributed by atoms with Gasteiger partial charge in [0, 0.05) is 30.1 Å². The number of rotatable bonds is 6. The minimum Gasteiger partial charge on any atom is -0.438 e. The number of pyridine rings is 1. The van der Waals surface area contributed by atoms with Gasteiger partial charge in [0.1, 0.15) is 5.75 Å². The highest BCUT2D eigenvalue weighted by molar-refractivity contribution is 9.10. The molecular formula is C20H21BrN4O2. The number of benzene rings is 1. The van der Waals surface area contributed by atoms with Gasteiger partial charge in [0.15, 0.2) is 0 Å². The topological polar surface area (TPSA) is 79.9 Å². The highest BCUT2D eigenvalue weighted by Gasteiger charge is 2.11. The predicted octanol–water partition coefficient (Wildman–Crippen LogP) is 4.86. The molecular weight excluding hydrogens is 408 g/mol. The fraction of sp³-hybridized carbons (Fsp3) is 0.250. The van der Waals surface area contributed by atoms with E-state index in [1.54, 1.807) is 6.20 Å². The zero-order chi connectivity index (χ0) is 19.4. The van der Waals surface area contributed by atoms with Crippen LogP contribution in [0, 0.1) is 20.8 Å². The molecule has 0 atom stereocenters. The fourth-order valence-electron chi connectivity index (χ4n) is 2.74. The molecule has 0 radical (unpaired) electrons. The summed E-state index contributed by atoms with van der Waals surface area (Å²) in [4.78, 5) is 16.6. The quantitative estimate of drug-likeness (QED) is 0.587. The summed E-state index contributed by atoms with van der Waals surface area (Å²) in [6, 6.07) is 9.27. The van der Waals surface area contributed by atoms with Crippen LogP contribution in [0.25, 0.3) is 0 Å². The first-order valence-electron chi connectivity index (χ1n) is 8.63. The number of carbonyl (C=O) groups excluding carboxylic acids is 1. The largest absolute Gasteiger partial charge is 0.438 e. The predicted molar refractivity (Wildman–Crippen MR) is 108 cm³/mol. The van der Waals surface area contributed by atoms with Crippen LogP contribution in [-0.4, -0.2) is 21.1 Å². The second-order valence-corrected chi connectivity index (χ2v) is 7.19. The summed E-state index contributed by atoms with van der Waals surface area (Å²) >= 11 is 3.42. The SMILES string of the molecule is Cc1ccc(NC(=O)CCc2c(C)n[nH]c2C)cc1Oc1ncccc1Br. The third-order valence-corrected chi connectivity index (χ3v) is 4.89. The number of aryl methyl sites for hydroxylation is 3. The first-order chi connectivity index (χ1) is 12.9. The van der Waals surface area contributed by atoms with Crippen LogP contribution in [-0.2, 0) is 11.2 Å². The van der Waals surface area contributed by atoms with Crippen molar-refractivity contribution in [2.75, 3.05) is 5.32 Å². The van der Waals surface area contributed by atoms with Gasteiger partial charge in [0.05, 0.1) is 10.2 Å². The summed E-state index contributed by atoms with van der Waals surface area (Å²) in [5, 5.41) is 10.0. The van der Waals surface area contributed by atoms with Gasteiger partial charge < -0.3 is 10.1 Å². The van der Waals surface area contributed by atoms with Gasteiger partial charge in [-0.05, 0) is 72.4 Å². The molecule has 0 fully saturated rings. The molecule has 0 spiro atoms. The molecule has 140 valence electrons. The van der Waals surface area contributed by atoms with Crippen molar-refractivity contribution in [1.82, 2.24) is 15.2 Å². The Morgan fingerprint density at radius 2 is 2.07 bits per heavy atom. The Bertz CT molecular complexity index is 949. The summed E-state index contributed by atoms with van der Waals surface area (Å²) < 4.78 is 6.66. The molecule has 2 aromatic heterocycles. The highest BCUT2D eigenvalue weighted by Crippen LogP contribution is 2.31. The molecule has 7 heteroatoms. The van der Waals surface area contributed by atoms with Crippen LogP contribution in [0.5, 0.6) is 11.6 Å². The Labute approximate surface area is 166 Å². The van der Waals surface area contributed by atoms with Crippen LogP contribution in [0.15, 0.2) is 41.0 Å². The third kappa shape index (κ3) is 4.74. The number of aromatic amines is 1. The van der Waals surface area contributed by atoms with E-state index in [1.165, 1.54) is 0 Å². The second-order valence-electron chi connectivity index (χ2n) is 6.33. The summed E-state index contributed by atoms with van der Waals surface area (Å²) in [5.74, 6) is 1.08. The third-order valence-electron chi connectivity index (χ3n) is 4.29. The zero-order valence-corrected chi connectivity index (χ0v) is 17.1. The summed E-state index contributed by atoms with van der Waals surface area (Å²) in [7, 11) is 0. The number of H-pyrrole nitrogens is 1. The van der Waals surface area contributed by atoms with Crippen molar-refractivity contribution in [3.8, 4) is 11.6 Å². The molecule has 0 unspecified atom stereocenters. The van der Waals surface area contributed by atoms with Crippen LogP contribution in [0.2, 0.25) is 0 Å². The number of nitrogens with one attached hydrogen (secondary N) is 2. The van der Waals surface area contributed by atoms with E-state index < -0.39 is 0 Å². The van der Waals surface area contributed by atoms with Crippen molar-refractivity contribution < 1.29 is 9.53 Å². The van der Waals surface area contributed by atoms with E-state index in [9.17, 15) is 4.79 Å². The van der Waals surface area contributed by atoms with E-state index in [1.807, 2.05) is 51.1 Å². The maximum atomic E-state index is 12.3. The van der Waals surface area contributed by atoms with Crippen LogP contribution in [0.4, 0.5) is 5.69 Å². The molecule has 0 saturated carbocycles. The number of ether oxygens (including phenoxy) is 1. The van der Waals surface area contributed by atoms with Gasteiger partial charge in [-0.15, -0.1) is 0 Å². The van der Waals surface area contributed by atoms with Gasteiger partial charge in [-0.3, -0.25) is 9.89 Å². The number of halogens is 1. The zero-order valence-electron chi connectivity index (χ0n) is 15.5. The first kappa shape index (κ1) is 19.1. The summed E-state index contributed by atoms with van der Waals surface area (Å²) in [6.45, 7) is 5.85. The molecule has 1 aromatic carbocycles. The van der Waals surface area contributed by atoms with Gasteiger partial charge in [-0.25, -0.2) is 4.98 Å². The lowest BCUT2D eigenvalue weighted by molar-refractivity contribution is -0.116. The lowest BCUT2D eigenvalue weighted by atomic mass is 10.1. The Morgan fingerprint density at radius 3 is 2.78 bits per heavy atom. The molecule has 6 nitrogen and oxygen atoms in total. The maximum absolute atomic E-state index is 12.3. The highest BCUT2D eigenvalue weighted by atomic mass is 79.9. The fourth-order valence-corrected chi connectivity index (χ4v) is 3.08. The van der Waals surface area contributed by atoms with Crippen LogP contribution < -0.4 is 10.1 Å². The lowest BCUT2D eigenvalue weighted by Gasteiger charge is -2.12. The van der Waals surface area contributed by atoms with Crippen LogP contribution >= 0.6 is 15.9 Å². The number of aromatic nitrogens is 3. The smallest absolute Gasteiger partial charge is 0.233 e. The molecule has 0 aliphatic heterocycles. The van der Waals surface area contributed by atoms with Crippen LogP contribution in [0.1, 0.15) is 28.9 Å². The monoisotopic (exact) mass is 428 g/mol. The van der Waals surface area contributed by atoms with E-state index in [-0.39, 0.29) is 5.91 Å². The lowest BCUT2D eigenvalue weighted by Crippen LogP contribution is -2.12. The van der Waals surface area contributed by atoms with Crippen molar-refractivity contribution in [3.05, 3.63) is 63.5 Å². The standard InChI is InChI=1S/C20H21BrN4O2/c1-12-6-7-15(11-18(12)27-20-17(21)5-4-10-22-20)23-19(26)9-8-16-13(2)24-25-14(16)3/h4-7,10-11H,8-9H2,1-3H3,(H,23,26)(H,24,25). The summed E-state index contributed by atoms with van der Waals surface area (Å²) in [6.07, 6.45) is 2.70. The van der Waals surface area contributed by atoms with Crippen molar-refractivity contribution in [3.63, 3.8) is 0 Å². The molecule has 2 N–H and O–H groups in total. The number of anilines is 1. The van der Waals surface area contributed by atoms with Crippen molar-refractivity contribution >= 4 is 27.5 Å². The second kappa shape index (κ2) is 8.35. The maximum Gasteiger partial charge on any atom is 0.233 e. The minimum absolute atomic E-state index is 0.0520. The van der Waals surface area contributed by atoms with Gasteiger partial charge in [0.25, 0.3) is 0 Å². The minimum atomic E-state index is -0.0520.